The Hall–Kier alpha value is -1.17. The number of methoxy groups -OCH3 is 1. The van der Waals surface area contributed by atoms with Crippen molar-refractivity contribution in [2.24, 2.45) is 0 Å². The lowest BCUT2D eigenvalue weighted by Gasteiger charge is -2.11. The summed E-state index contributed by atoms with van der Waals surface area (Å²) in [5.74, 6) is 0.138. The highest BCUT2D eigenvalue weighted by molar-refractivity contribution is 6.33. The maximum atomic E-state index is 12.0. The average molecular weight is 337 g/mol. The number of amides is 1. The Balaban J connectivity index is 0.00000400. The van der Waals surface area contributed by atoms with Gasteiger partial charge in [-0.1, -0.05) is 24.9 Å². The Morgan fingerprint density at radius 2 is 2.10 bits per heavy atom. The van der Waals surface area contributed by atoms with E-state index in [-0.39, 0.29) is 18.3 Å². The van der Waals surface area contributed by atoms with Crippen molar-refractivity contribution < 1.29 is 14.3 Å². The molecule has 1 amide bonds. The third-order valence-corrected chi connectivity index (χ3v) is 3.06. The van der Waals surface area contributed by atoms with Gasteiger partial charge in [-0.3, -0.25) is 4.79 Å². The van der Waals surface area contributed by atoms with Crippen LogP contribution >= 0.6 is 24.0 Å². The molecule has 0 fully saturated rings. The number of unbranched alkanes of at least 4 members (excludes halogenated alkanes) is 1. The van der Waals surface area contributed by atoms with E-state index in [0.29, 0.717) is 41.8 Å². The zero-order valence-electron chi connectivity index (χ0n) is 12.3. The molecule has 0 saturated heterocycles. The monoisotopic (exact) mass is 336 g/mol. The van der Waals surface area contributed by atoms with Crippen molar-refractivity contribution in [1.29, 1.82) is 0 Å². The zero-order chi connectivity index (χ0) is 15.0. The van der Waals surface area contributed by atoms with Gasteiger partial charge in [-0.25, -0.2) is 0 Å². The predicted molar refractivity (Wildman–Crippen MR) is 87.7 cm³/mol. The summed E-state index contributed by atoms with van der Waals surface area (Å²) in [4.78, 5) is 12.0. The van der Waals surface area contributed by atoms with E-state index in [2.05, 4.69) is 12.2 Å². The number of nitrogens with one attached hydrogen (secondary N) is 1. The molecule has 0 heterocycles. The molecule has 0 unspecified atom stereocenters. The van der Waals surface area contributed by atoms with Crippen molar-refractivity contribution in [1.82, 2.24) is 5.32 Å². The number of halogens is 2. The van der Waals surface area contributed by atoms with Gasteiger partial charge in [0.05, 0.1) is 30.0 Å². The van der Waals surface area contributed by atoms with Crippen molar-refractivity contribution in [3.8, 4) is 5.75 Å². The first-order valence-corrected chi connectivity index (χ1v) is 6.96. The van der Waals surface area contributed by atoms with Crippen molar-refractivity contribution >= 4 is 35.6 Å². The quantitative estimate of drug-likeness (QED) is 0.565. The molecule has 0 saturated carbocycles. The Bertz CT molecular complexity index is 456. The molecule has 1 aromatic rings. The first kappa shape index (κ1) is 19.8. The number of hydrogen-bond donors (Lipinski definition) is 2. The van der Waals surface area contributed by atoms with Crippen LogP contribution in [-0.2, 0) is 4.74 Å². The van der Waals surface area contributed by atoms with Crippen LogP contribution in [0.5, 0.6) is 5.75 Å². The average Bonchev–Trinajstić information content (AvgIpc) is 2.44. The van der Waals surface area contributed by atoms with E-state index in [1.54, 1.807) is 0 Å². The second-order valence-corrected chi connectivity index (χ2v) is 4.70. The van der Waals surface area contributed by atoms with Gasteiger partial charge >= 0.3 is 0 Å². The topological polar surface area (TPSA) is 73.6 Å². The van der Waals surface area contributed by atoms with E-state index in [4.69, 9.17) is 26.8 Å². The predicted octanol–water partition coefficient (Wildman–Crippen LogP) is 2.90. The second kappa shape index (κ2) is 10.5. The fourth-order valence-corrected chi connectivity index (χ4v) is 1.76. The molecule has 3 N–H and O–H groups in total. The molecule has 1 aromatic carbocycles. The summed E-state index contributed by atoms with van der Waals surface area (Å²) in [6, 6.07) is 3.04. The van der Waals surface area contributed by atoms with E-state index in [1.165, 1.54) is 19.2 Å². The van der Waals surface area contributed by atoms with Gasteiger partial charge in [0.25, 0.3) is 5.91 Å². The largest absolute Gasteiger partial charge is 0.496 e. The van der Waals surface area contributed by atoms with Crippen LogP contribution in [0, 0.1) is 0 Å². The molecule has 0 bridgehead atoms. The normalized spacial score (nSPS) is 9.86. The highest BCUT2D eigenvalue weighted by Crippen LogP contribution is 2.28. The van der Waals surface area contributed by atoms with Crippen LogP contribution in [0.2, 0.25) is 5.02 Å². The van der Waals surface area contributed by atoms with E-state index in [1.807, 2.05) is 0 Å². The molecular formula is C14H22Cl2N2O3. The maximum absolute atomic E-state index is 12.0. The summed E-state index contributed by atoms with van der Waals surface area (Å²) in [5, 5.41) is 3.08. The summed E-state index contributed by atoms with van der Waals surface area (Å²) >= 11 is 5.92. The number of carbonyl (C=O) groups is 1. The van der Waals surface area contributed by atoms with E-state index < -0.39 is 0 Å². The molecule has 21 heavy (non-hydrogen) atoms. The molecule has 120 valence electrons. The van der Waals surface area contributed by atoms with Gasteiger partial charge in [-0.2, -0.15) is 0 Å². The van der Waals surface area contributed by atoms with Gasteiger partial charge in [0.2, 0.25) is 0 Å². The number of benzene rings is 1. The van der Waals surface area contributed by atoms with Gasteiger partial charge in [0, 0.05) is 19.2 Å². The molecule has 0 spiro atoms. The molecule has 0 aliphatic heterocycles. The van der Waals surface area contributed by atoms with Gasteiger partial charge in [0.1, 0.15) is 5.75 Å². The Kier molecular flexibility index (Phi) is 9.95. The van der Waals surface area contributed by atoms with Crippen molar-refractivity contribution in [3.63, 3.8) is 0 Å². The summed E-state index contributed by atoms with van der Waals surface area (Å²) in [6.45, 7) is 3.73. The smallest absolute Gasteiger partial charge is 0.255 e. The van der Waals surface area contributed by atoms with E-state index in [9.17, 15) is 4.79 Å². The Morgan fingerprint density at radius 1 is 1.38 bits per heavy atom. The van der Waals surface area contributed by atoms with Gasteiger partial charge < -0.3 is 20.5 Å². The van der Waals surface area contributed by atoms with Crippen LogP contribution in [0.3, 0.4) is 0 Å². The summed E-state index contributed by atoms with van der Waals surface area (Å²) < 4.78 is 10.5. The highest BCUT2D eigenvalue weighted by atomic mass is 35.5. The fourth-order valence-electron chi connectivity index (χ4n) is 1.60. The van der Waals surface area contributed by atoms with Crippen LogP contribution < -0.4 is 15.8 Å². The third kappa shape index (κ3) is 6.42. The Morgan fingerprint density at radius 3 is 2.71 bits per heavy atom. The molecule has 1 rings (SSSR count). The maximum Gasteiger partial charge on any atom is 0.255 e. The molecule has 5 nitrogen and oxygen atoms in total. The lowest BCUT2D eigenvalue weighted by molar-refractivity contribution is 0.0910. The number of nitrogen functional groups attached to an aromatic ring is 1. The fraction of sp³-hybridized carbons (Fsp3) is 0.500. The molecule has 7 heteroatoms. The lowest BCUT2D eigenvalue weighted by Crippen LogP contribution is -2.27. The molecule has 0 aromatic heterocycles. The number of ether oxygens (including phenoxy) is 2. The minimum atomic E-state index is -0.261. The van der Waals surface area contributed by atoms with Crippen LogP contribution in [0.1, 0.15) is 30.1 Å². The van der Waals surface area contributed by atoms with Crippen molar-refractivity contribution in [2.75, 3.05) is 32.6 Å². The number of rotatable bonds is 8. The minimum Gasteiger partial charge on any atom is -0.496 e. The summed E-state index contributed by atoms with van der Waals surface area (Å²) in [5.41, 5.74) is 6.41. The van der Waals surface area contributed by atoms with Crippen molar-refractivity contribution in [3.05, 3.63) is 22.7 Å². The van der Waals surface area contributed by atoms with Gasteiger partial charge in [-0.15, -0.1) is 12.4 Å². The number of anilines is 1. The number of hydrogen-bond acceptors (Lipinski definition) is 4. The molecule has 0 aliphatic rings. The molecular weight excluding hydrogens is 315 g/mol. The van der Waals surface area contributed by atoms with Crippen LogP contribution in [0.4, 0.5) is 5.69 Å². The summed E-state index contributed by atoms with van der Waals surface area (Å²) in [6.07, 6.45) is 2.11. The molecule has 0 radical (unpaired) electrons. The minimum absolute atomic E-state index is 0. The molecule has 0 aliphatic carbocycles. The first-order valence-electron chi connectivity index (χ1n) is 6.59. The zero-order valence-corrected chi connectivity index (χ0v) is 13.9. The third-order valence-electron chi connectivity index (χ3n) is 2.74. The van der Waals surface area contributed by atoms with Gasteiger partial charge in [-0.05, 0) is 12.5 Å². The standard InChI is InChI=1S/C14H21ClN2O3.ClH/c1-3-4-6-20-7-5-17-14(18)10-8-11(15)12(16)9-13(10)19-2;/h8-9H,3-7,16H2,1-2H3,(H,17,18);1H. The second-order valence-electron chi connectivity index (χ2n) is 4.30. The Labute approximate surface area is 136 Å². The lowest BCUT2D eigenvalue weighted by atomic mass is 10.1. The van der Waals surface area contributed by atoms with E-state index >= 15 is 0 Å². The van der Waals surface area contributed by atoms with Gasteiger partial charge in [0.15, 0.2) is 0 Å². The van der Waals surface area contributed by atoms with Crippen LogP contribution in [-0.4, -0.2) is 32.8 Å². The number of nitrogens with two attached hydrogens (primary N) is 1. The SMILES string of the molecule is CCCCOCCNC(=O)c1cc(Cl)c(N)cc1OC.Cl. The van der Waals surface area contributed by atoms with E-state index in [0.717, 1.165) is 12.8 Å². The van der Waals surface area contributed by atoms with Crippen molar-refractivity contribution in [2.45, 2.75) is 19.8 Å². The van der Waals surface area contributed by atoms with Crippen LogP contribution in [0.25, 0.3) is 0 Å². The summed E-state index contributed by atoms with van der Waals surface area (Å²) in [7, 11) is 1.48. The number of carbonyl (C=O) groups excluding carboxylic acids is 1. The highest BCUT2D eigenvalue weighted by Gasteiger charge is 2.14. The first-order chi connectivity index (χ1) is 9.60. The molecule has 0 atom stereocenters. The van der Waals surface area contributed by atoms with Crippen LogP contribution in [0.15, 0.2) is 12.1 Å².